The lowest BCUT2D eigenvalue weighted by Crippen LogP contribution is -2.40. The van der Waals surface area contributed by atoms with E-state index in [4.69, 9.17) is 15.9 Å². The normalized spacial score (nSPS) is 21.1. The standard InChI is InChI=1S/C12H23N.C5H9NO4/c1-3-7-11(8-4-1)13-12-9-5-2-6-10-12;6-3(5(9)10)1-2-4(7)8/h11-13H,1-10H2;3H,1-2,6H2,(H,7,8)(H,9,10)/t;3-/m.0/s1. The molecule has 2 aliphatic carbocycles. The molecule has 5 N–H and O–H groups in total. The first-order chi connectivity index (χ1) is 11.0. The van der Waals surface area contributed by atoms with Crippen molar-refractivity contribution in [2.24, 2.45) is 5.73 Å². The molecule has 2 saturated carbocycles. The van der Waals surface area contributed by atoms with Crippen LogP contribution in [-0.4, -0.2) is 40.3 Å². The van der Waals surface area contributed by atoms with Gasteiger partial charge in [0.15, 0.2) is 0 Å². The largest absolute Gasteiger partial charge is 0.481 e. The molecule has 2 rings (SSSR count). The average molecular weight is 328 g/mol. The summed E-state index contributed by atoms with van der Waals surface area (Å²) in [5.41, 5.74) is 5.00. The van der Waals surface area contributed by atoms with Gasteiger partial charge in [0.25, 0.3) is 0 Å². The predicted octanol–water partition coefficient (Wildman–Crippen LogP) is 2.50. The van der Waals surface area contributed by atoms with Gasteiger partial charge in [-0.25, -0.2) is 0 Å². The van der Waals surface area contributed by atoms with Crippen LogP contribution in [0.4, 0.5) is 0 Å². The Kier molecular flexibility index (Phi) is 9.87. The van der Waals surface area contributed by atoms with Gasteiger partial charge in [-0.1, -0.05) is 38.5 Å². The Hall–Kier alpha value is -1.14. The molecular weight excluding hydrogens is 296 g/mol. The molecule has 134 valence electrons. The summed E-state index contributed by atoms with van der Waals surface area (Å²) in [5.74, 6) is -2.20. The van der Waals surface area contributed by atoms with Crippen LogP contribution in [0.25, 0.3) is 0 Å². The molecule has 6 nitrogen and oxygen atoms in total. The van der Waals surface area contributed by atoms with Gasteiger partial charge in [-0.05, 0) is 32.1 Å². The van der Waals surface area contributed by atoms with Crippen molar-refractivity contribution in [2.75, 3.05) is 0 Å². The lowest BCUT2D eigenvalue weighted by Gasteiger charge is -2.30. The van der Waals surface area contributed by atoms with Gasteiger partial charge in [-0.2, -0.15) is 0 Å². The van der Waals surface area contributed by atoms with Crippen LogP contribution in [0.1, 0.15) is 77.0 Å². The highest BCUT2D eigenvalue weighted by atomic mass is 16.4. The maximum Gasteiger partial charge on any atom is 0.320 e. The van der Waals surface area contributed by atoms with E-state index in [0.29, 0.717) is 0 Å². The minimum Gasteiger partial charge on any atom is -0.481 e. The van der Waals surface area contributed by atoms with E-state index in [1.165, 1.54) is 64.2 Å². The fraction of sp³-hybridized carbons (Fsp3) is 0.882. The zero-order valence-electron chi connectivity index (χ0n) is 14.0. The van der Waals surface area contributed by atoms with E-state index >= 15 is 0 Å². The van der Waals surface area contributed by atoms with Crippen LogP contribution in [0, 0.1) is 0 Å². The van der Waals surface area contributed by atoms with Crippen molar-refractivity contribution in [3.8, 4) is 0 Å². The van der Waals surface area contributed by atoms with Gasteiger partial charge in [0.2, 0.25) is 0 Å². The number of hydrogen-bond acceptors (Lipinski definition) is 4. The third kappa shape index (κ3) is 9.56. The summed E-state index contributed by atoms with van der Waals surface area (Å²) < 4.78 is 0. The molecule has 0 aromatic rings. The molecular formula is C17H32N2O4. The summed E-state index contributed by atoms with van der Waals surface area (Å²) in [4.78, 5) is 19.9. The summed E-state index contributed by atoms with van der Waals surface area (Å²) in [6.45, 7) is 0. The number of carboxylic acids is 2. The van der Waals surface area contributed by atoms with Crippen molar-refractivity contribution < 1.29 is 19.8 Å². The van der Waals surface area contributed by atoms with Crippen molar-refractivity contribution >= 4 is 11.9 Å². The van der Waals surface area contributed by atoms with Crippen LogP contribution in [0.15, 0.2) is 0 Å². The van der Waals surface area contributed by atoms with Gasteiger partial charge in [0.05, 0.1) is 0 Å². The van der Waals surface area contributed by atoms with Crippen LogP contribution in [0.3, 0.4) is 0 Å². The van der Waals surface area contributed by atoms with Crippen molar-refractivity contribution in [1.82, 2.24) is 5.32 Å². The minimum absolute atomic E-state index is 0.0231. The van der Waals surface area contributed by atoms with E-state index in [9.17, 15) is 9.59 Å². The van der Waals surface area contributed by atoms with Crippen LogP contribution in [-0.2, 0) is 9.59 Å². The van der Waals surface area contributed by atoms with Crippen molar-refractivity contribution in [3.63, 3.8) is 0 Å². The number of carboxylic acid groups (broad SMARTS) is 2. The van der Waals surface area contributed by atoms with Gasteiger partial charge in [0.1, 0.15) is 6.04 Å². The summed E-state index contributed by atoms with van der Waals surface area (Å²) in [7, 11) is 0. The summed E-state index contributed by atoms with van der Waals surface area (Å²) >= 11 is 0. The number of hydrogen-bond donors (Lipinski definition) is 4. The quantitative estimate of drug-likeness (QED) is 0.596. The van der Waals surface area contributed by atoms with E-state index in [2.05, 4.69) is 5.32 Å². The van der Waals surface area contributed by atoms with E-state index < -0.39 is 18.0 Å². The Labute approximate surface area is 138 Å². The van der Waals surface area contributed by atoms with Gasteiger partial charge >= 0.3 is 11.9 Å². The fourth-order valence-corrected chi connectivity index (χ4v) is 3.27. The highest BCUT2D eigenvalue weighted by Gasteiger charge is 2.19. The summed E-state index contributed by atoms with van der Waals surface area (Å²) in [6, 6.07) is 0.685. The molecule has 2 aliphatic rings. The molecule has 0 aliphatic heterocycles. The topological polar surface area (TPSA) is 113 Å². The van der Waals surface area contributed by atoms with Crippen molar-refractivity contribution in [3.05, 3.63) is 0 Å². The number of carbonyl (C=O) groups is 2. The third-order valence-corrected chi connectivity index (χ3v) is 4.67. The van der Waals surface area contributed by atoms with E-state index in [0.717, 1.165) is 12.1 Å². The summed E-state index contributed by atoms with van der Waals surface area (Å²) in [5, 5.41) is 20.1. The van der Waals surface area contributed by atoms with Crippen LogP contribution < -0.4 is 11.1 Å². The minimum atomic E-state index is -1.17. The zero-order chi connectivity index (χ0) is 17.1. The molecule has 0 saturated heterocycles. The molecule has 0 bridgehead atoms. The van der Waals surface area contributed by atoms with Gasteiger partial charge in [-0.15, -0.1) is 0 Å². The Balaban J connectivity index is 0.000000241. The number of nitrogens with one attached hydrogen (secondary N) is 1. The Morgan fingerprint density at radius 2 is 1.35 bits per heavy atom. The first kappa shape index (κ1) is 19.9. The molecule has 0 heterocycles. The first-order valence-corrected chi connectivity index (χ1v) is 8.95. The second-order valence-corrected chi connectivity index (χ2v) is 6.71. The lowest BCUT2D eigenvalue weighted by molar-refractivity contribution is -0.139. The molecule has 0 amide bonds. The highest BCUT2D eigenvalue weighted by molar-refractivity contribution is 5.74. The number of rotatable bonds is 6. The van der Waals surface area contributed by atoms with E-state index in [1.807, 2.05) is 0 Å². The average Bonchev–Trinajstić information content (AvgIpc) is 2.55. The molecule has 0 aromatic carbocycles. The Morgan fingerprint density at radius 1 is 0.913 bits per heavy atom. The molecule has 0 unspecified atom stereocenters. The smallest absolute Gasteiger partial charge is 0.320 e. The lowest BCUT2D eigenvalue weighted by atomic mass is 9.91. The maximum atomic E-state index is 9.99. The number of aliphatic carboxylic acids is 2. The second-order valence-electron chi connectivity index (χ2n) is 6.71. The molecule has 0 spiro atoms. The van der Waals surface area contributed by atoms with Crippen LogP contribution >= 0.6 is 0 Å². The van der Waals surface area contributed by atoms with Crippen molar-refractivity contribution in [1.29, 1.82) is 0 Å². The second kappa shape index (κ2) is 11.4. The van der Waals surface area contributed by atoms with E-state index in [1.54, 1.807) is 0 Å². The third-order valence-electron chi connectivity index (χ3n) is 4.67. The van der Waals surface area contributed by atoms with Crippen molar-refractivity contribution in [2.45, 2.75) is 95.2 Å². The van der Waals surface area contributed by atoms with Crippen LogP contribution in [0.2, 0.25) is 0 Å². The monoisotopic (exact) mass is 328 g/mol. The maximum absolute atomic E-state index is 9.99. The van der Waals surface area contributed by atoms with E-state index in [-0.39, 0.29) is 12.8 Å². The summed E-state index contributed by atoms with van der Waals surface area (Å²) in [6.07, 6.45) is 14.3. The molecule has 0 aromatic heterocycles. The number of nitrogens with two attached hydrogens (primary N) is 1. The zero-order valence-corrected chi connectivity index (χ0v) is 14.0. The highest BCUT2D eigenvalue weighted by Crippen LogP contribution is 2.22. The first-order valence-electron chi connectivity index (χ1n) is 8.95. The van der Waals surface area contributed by atoms with Crippen LogP contribution in [0.5, 0.6) is 0 Å². The van der Waals surface area contributed by atoms with Gasteiger partial charge in [0, 0.05) is 18.5 Å². The molecule has 2 fully saturated rings. The fourth-order valence-electron chi connectivity index (χ4n) is 3.27. The molecule has 6 heteroatoms. The SMILES string of the molecule is C1CCC(NC2CCCCC2)CC1.N[C@@H](CCC(=O)O)C(=O)O. The van der Waals surface area contributed by atoms with Gasteiger partial charge < -0.3 is 21.3 Å². The molecule has 1 atom stereocenters. The van der Waals surface area contributed by atoms with Gasteiger partial charge in [-0.3, -0.25) is 9.59 Å². The molecule has 0 radical (unpaired) electrons. The Bertz CT molecular complexity index is 335. The Morgan fingerprint density at radius 3 is 1.70 bits per heavy atom. The predicted molar refractivity (Wildman–Crippen MR) is 89.4 cm³/mol. The molecule has 23 heavy (non-hydrogen) atoms.